The van der Waals surface area contributed by atoms with Gasteiger partial charge in [0.15, 0.2) is 5.58 Å². The van der Waals surface area contributed by atoms with Crippen molar-refractivity contribution in [3.05, 3.63) is 68.2 Å². The van der Waals surface area contributed by atoms with Crippen LogP contribution in [0.25, 0.3) is 11.1 Å². The number of methoxy groups -OCH3 is 1. The van der Waals surface area contributed by atoms with E-state index in [0.29, 0.717) is 18.5 Å². The molecule has 3 aromatic rings. The molecule has 1 heterocycles. The summed E-state index contributed by atoms with van der Waals surface area (Å²) in [5.74, 6) is -0.362. The minimum atomic E-state index is -0.744. The Morgan fingerprint density at radius 1 is 1.29 bits per heavy atom. The molecular formula is C19H19N3O6. The summed E-state index contributed by atoms with van der Waals surface area (Å²) >= 11 is 0. The van der Waals surface area contributed by atoms with Crippen LogP contribution in [0.2, 0.25) is 0 Å². The Balaban J connectivity index is 1.67. The Kier molecular flexibility index (Phi) is 5.44. The lowest BCUT2D eigenvalue weighted by Gasteiger charge is -2.10. The zero-order valence-electron chi connectivity index (χ0n) is 15.4. The van der Waals surface area contributed by atoms with Crippen molar-refractivity contribution in [3.8, 4) is 5.75 Å². The zero-order valence-corrected chi connectivity index (χ0v) is 15.4. The third-order valence-corrected chi connectivity index (χ3v) is 4.32. The van der Waals surface area contributed by atoms with E-state index >= 15 is 0 Å². The van der Waals surface area contributed by atoms with Crippen LogP contribution in [0, 0.1) is 17.0 Å². The molecule has 1 amide bonds. The second-order valence-electron chi connectivity index (χ2n) is 6.28. The predicted molar refractivity (Wildman–Crippen MR) is 102 cm³/mol. The average Bonchev–Trinajstić information content (AvgIpc) is 2.96. The van der Waals surface area contributed by atoms with Crippen LogP contribution in [0.1, 0.15) is 11.1 Å². The number of hydrogen-bond acceptors (Lipinski definition) is 6. The number of amides is 1. The maximum absolute atomic E-state index is 12.2. The van der Waals surface area contributed by atoms with E-state index in [9.17, 15) is 19.7 Å². The van der Waals surface area contributed by atoms with Crippen LogP contribution < -0.4 is 15.8 Å². The number of oxazole rings is 1. The second kappa shape index (κ2) is 7.95. The average molecular weight is 385 g/mol. The molecule has 0 radical (unpaired) electrons. The molecule has 28 heavy (non-hydrogen) atoms. The van der Waals surface area contributed by atoms with Gasteiger partial charge in [0.2, 0.25) is 5.91 Å². The number of nitrogens with one attached hydrogen (secondary N) is 1. The highest BCUT2D eigenvalue weighted by Crippen LogP contribution is 2.21. The standard InChI is InChI=1S/C19H19N3O6/c1-12-3-6-16(27-2)13(9-12)7-8-20-18(23)11-21-15-5-4-14(22(25)26)10-17(15)28-19(21)24/h3-6,9-10H,7-8,11H2,1-2H3,(H,20,23). The summed E-state index contributed by atoms with van der Waals surface area (Å²) in [6.45, 7) is 2.10. The predicted octanol–water partition coefficient (Wildman–Crippen LogP) is 2.18. The van der Waals surface area contributed by atoms with Gasteiger partial charge in [0, 0.05) is 12.6 Å². The molecule has 0 fully saturated rings. The zero-order chi connectivity index (χ0) is 20.3. The summed E-state index contributed by atoms with van der Waals surface area (Å²) in [7, 11) is 1.59. The van der Waals surface area contributed by atoms with E-state index in [1.807, 2.05) is 25.1 Å². The number of benzene rings is 2. The molecule has 1 aromatic heterocycles. The van der Waals surface area contributed by atoms with Gasteiger partial charge in [0.05, 0.1) is 23.6 Å². The molecule has 0 bridgehead atoms. The number of carbonyl (C=O) groups excluding carboxylic acids is 1. The maximum Gasteiger partial charge on any atom is 0.420 e. The highest BCUT2D eigenvalue weighted by molar-refractivity contribution is 5.80. The van der Waals surface area contributed by atoms with Crippen molar-refractivity contribution in [3.63, 3.8) is 0 Å². The molecule has 0 spiro atoms. The summed E-state index contributed by atoms with van der Waals surface area (Å²) in [6, 6.07) is 9.63. The number of nitrogens with zero attached hydrogens (tertiary/aromatic N) is 2. The largest absolute Gasteiger partial charge is 0.496 e. The van der Waals surface area contributed by atoms with Crippen LogP contribution in [-0.4, -0.2) is 29.1 Å². The second-order valence-corrected chi connectivity index (χ2v) is 6.28. The van der Waals surface area contributed by atoms with Crippen LogP contribution in [-0.2, 0) is 17.8 Å². The number of nitro benzene ring substituents is 1. The van der Waals surface area contributed by atoms with Crippen molar-refractivity contribution < 1.29 is 18.9 Å². The number of rotatable bonds is 7. The van der Waals surface area contributed by atoms with E-state index < -0.39 is 10.7 Å². The summed E-state index contributed by atoms with van der Waals surface area (Å²) < 4.78 is 11.5. The number of carbonyl (C=O) groups is 1. The van der Waals surface area contributed by atoms with Gasteiger partial charge in [-0.25, -0.2) is 4.79 Å². The van der Waals surface area contributed by atoms with E-state index in [1.54, 1.807) is 7.11 Å². The quantitative estimate of drug-likeness (QED) is 0.492. The van der Waals surface area contributed by atoms with Crippen molar-refractivity contribution in [1.29, 1.82) is 0 Å². The fraction of sp³-hybridized carbons (Fsp3) is 0.263. The number of hydrogen-bond donors (Lipinski definition) is 1. The normalized spacial score (nSPS) is 10.8. The SMILES string of the molecule is COc1ccc(C)cc1CCNC(=O)Cn1c(=O)oc2cc([N+](=O)[O-])ccc21. The van der Waals surface area contributed by atoms with Crippen LogP contribution in [0.15, 0.2) is 45.6 Å². The van der Waals surface area contributed by atoms with Gasteiger partial charge in [-0.05, 0) is 31.0 Å². The summed E-state index contributed by atoms with van der Waals surface area (Å²) in [4.78, 5) is 34.5. The topological polar surface area (TPSA) is 117 Å². The van der Waals surface area contributed by atoms with Crippen molar-refractivity contribution in [2.45, 2.75) is 19.9 Å². The molecule has 2 aromatic carbocycles. The van der Waals surface area contributed by atoms with Gasteiger partial charge in [0.1, 0.15) is 12.3 Å². The lowest BCUT2D eigenvalue weighted by molar-refractivity contribution is -0.384. The third-order valence-electron chi connectivity index (χ3n) is 4.32. The molecule has 0 saturated heterocycles. The van der Waals surface area contributed by atoms with E-state index in [1.165, 1.54) is 12.1 Å². The molecule has 0 aliphatic heterocycles. The number of aryl methyl sites for hydroxylation is 1. The monoisotopic (exact) mass is 385 g/mol. The maximum atomic E-state index is 12.2. The lowest BCUT2D eigenvalue weighted by atomic mass is 10.1. The highest BCUT2D eigenvalue weighted by Gasteiger charge is 2.16. The van der Waals surface area contributed by atoms with E-state index in [0.717, 1.165) is 27.5 Å². The van der Waals surface area contributed by atoms with Crippen molar-refractivity contribution >= 4 is 22.7 Å². The van der Waals surface area contributed by atoms with Crippen molar-refractivity contribution in [2.24, 2.45) is 0 Å². The van der Waals surface area contributed by atoms with Crippen LogP contribution in [0.4, 0.5) is 5.69 Å². The molecule has 0 saturated carbocycles. The molecule has 9 heteroatoms. The first-order valence-corrected chi connectivity index (χ1v) is 8.57. The van der Waals surface area contributed by atoms with Gasteiger partial charge >= 0.3 is 5.76 Å². The number of non-ortho nitro benzene ring substituents is 1. The van der Waals surface area contributed by atoms with Crippen molar-refractivity contribution in [1.82, 2.24) is 9.88 Å². The molecule has 0 aliphatic rings. The summed E-state index contributed by atoms with van der Waals surface area (Å²) in [6.07, 6.45) is 0.573. The Hall–Kier alpha value is -3.62. The number of aromatic nitrogens is 1. The van der Waals surface area contributed by atoms with Crippen LogP contribution in [0.5, 0.6) is 5.75 Å². The number of fused-ring (bicyclic) bond motifs is 1. The molecule has 3 rings (SSSR count). The molecule has 0 unspecified atom stereocenters. The first-order valence-electron chi connectivity index (χ1n) is 8.57. The first-order chi connectivity index (χ1) is 13.4. The fourth-order valence-electron chi connectivity index (χ4n) is 2.96. The minimum Gasteiger partial charge on any atom is -0.496 e. The van der Waals surface area contributed by atoms with E-state index in [2.05, 4.69) is 5.32 Å². The smallest absolute Gasteiger partial charge is 0.420 e. The Labute approximate surface area is 159 Å². The molecule has 0 atom stereocenters. The van der Waals surface area contributed by atoms with Gasteiger partial charge in [-0.2, -0.15) is 0 Å². The molecular weight excluding hydrogens is 366 g/mol. The minimum absolute atomic E-state index is 0.0662. The van der Waals surface area contributed by atoms with Gasteiger partial charge in [-0.1, -0.05) is 17.7 Å². The highest BCUT2D eigenvalue weighted by atomic mass is 16.6. The third kappa shape index (κ3) is 4.03. The Morgan fingerprint density at radius 2 is 2.07 bits per heavy atom. The Bertz CT molecular complexity index is 1100. The van der Waals surface area contributed by atoms with Gasteiger partial charge in [-0.3, -0.25) is 19.5 Å². The molecule has 146 valence electrons. The number of nitro groups is 1. The molecule has 0 aliphatic carbocycles. The molecule has 9 nitrogen and oxygen atoms in total. The summed E-state index contributed by atoms with van der Waals surface area (Å²) in [5, 5.41) is 13.6. The fourth-order valence-corrected chi connectivity index (χ4v) is 2.96. The van der Waals surface area contributed by atoms with Crippen LogP contribution in [0.3, 0.4) is 0 Å². The molecule has 1 N–H and O–H groups in total. The number of ether oxygens (including phenoxy) is 1. The first kappa shape index (κ1) is 19.2. The van der Waals surface area contributed by atoms with Gasteiger partial charge in [-0.15, -0.1) is 0 Å². The summed E-state index contributed by atoms with van der Waals surface area (Å²) in [5.41, 5.74) is 2.27. The van der Waals surface area contributed by atoms with Gasteiger partial charge < -0.3 is 14.5 Å². The van der Waals surface area contributed by atoms with Crippen molar-refractivity contribution in [2.75, 3.05) is 13.7 Å². The lowest BCUT2D eigenvalue weighted by Crippen LogP contribution is -2.32. The Morgan fingerprint density at radius 3 is 2.79 bits per heavy atom. The van der Waals surface area contributed by atoms with Gasteiger partial charge in [0.25, 0.3) is 5.69 Å². The van der Waals surface area contributed by atoms with E-state index in [4.69, 9.17) is 9.15 Å². The van der Waals surface area contributed by atoms with E-state index in [-0.39, 0.29) is 23.7 Å². The van der Waals surface area contributed by atoms with Crippen LogP contribution >= 0.6 is 0 Å².